The van der Waals surface area contributed by atoms with Crippen LogP contribution in [0.4, 0.5) is 0 Å². The first kappa shape index (κ1) is 25.1. The van der Waals surface area contributed by atoms with E-state index in [4.69, 9.17) is 14.2 Å². The number of allylic oxidation sites excluding steroid dienone is 1. The van der Waals surface area contributed by atoms with Crippen molar-refractivity contribution >= 4 is 17.4 Å². The van der Waals surface area contributed by atoms with Crippen LogP contribution in [0.15, 0.2) is 60.7 Å². The number of fused-ring (bicyclic) bond motifs is 1. The fourth-order valence-corrected chi connectivity index (χ4v) is 5.49. The summed E-state index contributed by atoms with van der Waals surface area (Å²) in [7, 11) is 3.38. The molecule has 3 aromatic rings. The lowest BCUT2D eigenvalue weighted by atomic mass is 9.79. The molecule has 3 aromatic carbocycles. The summed E-state index contributed by atoms with van der Waals surface area (Å²) in [5.74, 6) is 2.49. The van der Waals surface area contributed by atoms with Crippen LogP contribution in [-0.4, -0.2) is 51.6 Å². The summed E-state index contributed by atoms with van der Waals surface area (Å²) < 4.78 is 17.4. The minimum absolute atomic E-state index is 0.619. The van der Waals surface area contributed by atoms with Gasteiger partial charge in [0, 0.05) is 17.7 Å². The topological polar surface area (TPSA) is 48.0 Å². The van der Waals surface area contributed by atoms with Crippen LogP contribution in [0.1, 0.15) is 58.3 Å². The normalized spacial score (nSPS) is 15.7. The Morgan fingerprint density at radius 1 is 0.811 bits per heavy atom. The lowest BCUT2D eigenvalue weighted by Crippen LogP contribution is -2.33. The van der Waals surface area contributed by atoms with Gasteiger partial charge in [0.15, 0.2) is 0 Å². The van der Waals surface area contributed by atoms with Crippen molar-refractivity contribution in [3.8, 4) is 17.2 Å². The van der Waals surface area contributed by atoms with Gasteiger partial charge in [-0.1, -0.05) is 24.6 Å². The Morgan fingerprint density at radius 2 is 1.57 bits per heavy atom. The highest BCUT2D eigenvalue weighted by molar-refractivity contribution is 6.02. The second kappa shape index (κ2) is 11.7. The number of ether oxygens (including phenoxy) is 3. The summed E-state index contributed by atoms with van der Waals surface area (Å²) in [6.07, 6.45) is 6.54. The molecule has 1 heterocycles. The number of aldehydes is 1. The standard InChI is InChI=1S/C32H35NO4/c1-35-26-10-7-24(8-11-26)28-13-9-25-21-27(36-2)12-14-29(25)32(28)30-20-23(22-34)6-15-31(30)37-19-18-33-16-4-3-5-17-33/h6-8,10-12,14-15,20-22H,3-5,9,13,16-19H2,1-2H3. The van der Waals surface area contributed by atoms with E-state index in [1.807, 2.05) is 36.4 Å². The number of carbonyl (C=O) groups excluding carboxylic acids is 1. The number of carbonyl (C=O) groups is 1. The Morgan fingerprint density at radius 3 is 2.30 bits per heavy atom. The zero-order valence-corrected chi connectivity index (χ0v) is 21.8. The van der Waals surface area contributed by atoms with Crippen LogP contribution in [0.5, 0.6) is 17.2 Å². The molecule has 1 aliphatic heterocycles. The number of methoxy groups -OCH3 is 2. The molecule has 37 heavy (non-hydrogen) atoms. The number of likely N-dealkylation sites (tertiary alicyclic amines) is 1. The molecular weight excluding hydrogens is 462 g/mol. The Balaban J connectivity index is 1.59. The largest absolute Gasteiger partial charge is 0.497 e. The molecule has 1 fully saturated rings. The lowest BCUT2D eigenvalue weighted by Gasteiger charge is -2.28. The zero-order valence-electron chi connectivity index (χ0n) is 21.8. The third-order valence-electron chi connectivity index (χ3n) is 7.49. The van der Waals surface area contributed by atoms with Gasteiger partial charge in [0.05, 0.1) is 14.2 Å². The number of hydrogen-bond donors (Lipinski definition) is 0. The van der Waals surface area contributed by atoms with Crippen LogP contribution in [0, 0.1) is 0 Å². The number of hydrogen-bond acceptors (Lipinski definition) is 5. The molecular formula is C32H35NO4. The molecule has 5 rings (SSSR count). The molecule has 1 aliphatic carbocycles. The highest BCUT2D eigenvalue weighted by Gasteiger charge is 2.25. The second-order valence-corrected chi connectivity index (χ2v) is 9.73. The minimum atomic E-state index is 0.619. The summed E-state index contributed by atoms with van der Waals surface area (Å²) in [5, 5.41) is 0. The minimum Gasteiger partial charge on any atom is -0.497 e. The first-order valence-corrected chi connectivity index (χ1v) is 13.2. The number of piperidine rings is 1. The van der Waals surface area contributed by atoms with E-state index < -0.39 is 0 Å². The van der Waals surface area contributed by atoms with E-state index in [0.29, 0.717) is 12.2 Å². The van der Waals surface area contributed by atoms with E-state index in [2.05, 4.69) is 29.2 Å². The molecule has 0 unspecified atom stereocenters. The quantitative estimate of drug-likeness (QED) is 0.325. The number of rotatable bonds is 9. The maximum absolute atomic E-state index is 11.8. The molecule has 0 aromatic heterocycles. The van der Waals surface area contributed by atoms with Crippen molar-refractivity contribution in [2.24, 2.45) is 0 Å². The predicted octanol–water partition coefficient (Wildman–Crippen LogP) is 6.29. The van der Waals surface area contributed by atoms with Crippen LogP contribution in [0.3, 0.4) is 0 Å². The average molecular weight is 498 g/mol. The summed E-state index contributed by atoms with van der Waals surface area (Å²) in [6.45, 7) is 3.81. The first-order chi connectivity index (χ1) is 18.2. The van der Waals surface area contributed by atoms with Crippen LogP contribution >= 0.6 is 0 Å². The van der Waals surface area contributed by atoms with Gasteiger partial charge in [-0.3, -0.25) is 9.69 Å². The smallest absolute Gasteiger partial charge is 0.150 e. The highest BCUT2D eigenvalue weighted by atomic mass is 16.5. The molecule has 0 atom stereocenters. The fourth-order valence-electron chi connectivity index (χ4n) is 5.49. The van der Waals surface area contributed by atoms with Gasteiger partial charge in [-0.2, -0.15) is 0 Å². The van der Waals surface area contributed by atoms with Gasteiger partial charge in [0.2, 0.25) is 0 Å². The predicted molar refractivity (Wildman–Crippen MR) is 148 cm³/mol. The maximum Gasteiger partial charge on any atom is 0.150 e. The third kappa shape index (κ3) is 5.57. The van der Waals surface area contributed by atoms with Crippen molar-refractivity contribution in [3.05, 3.63) is 88.5 Å². The molecule has 0 radical (unpaired) electrons. The summed E-state index contributed by atoms with van der Waals surface area (Å²) >= 11 is 0. The number of aryl methyl sites for hydroxylation is 1. The van der Waals surface area contributed by atoms with Gasteiger partial charge in [-0.25, -0.2) is 0 Å². The van der Waals surface area contributed by atoms with Crippen LogP contribution in [-0.2, 0) is 6.42 Å². The van der Waals surface area contributed by atoms with Gasteiger partial charge < -0.3 is 14.2 Å². The molecule has 2 aliphatic rings. The Bertz CT molecular complexity index is 1270. The summed E-state index contributed by atoms with van der Waals surface area (Å²) in [5.41, 5.74) is 7.49. The van der Waals surface area contributed by atoms with Crippen molar-refractivity contribution in [2.45, 2.75) is 32.1 Å². The van der Waals surface area contributed by atoms with Gasteiger partial charge >= 0.3 is 0 Å². The fraction of sp³-hybridized carbons (Fsp3) is 0.344. The Hall–Kier alpha value is -3.57. The lowest BCUT2D eigenvalue weighted by molar-refractivity contribution is 0.112. The molecule has 0 N–H and O–H groups in total. The summed E-state index contributed by atoms with van der Waals surface area (Å²) in [6, 6.07) is 20.3. The van der Waals surface area contributed by atoms with Crippen molar-refractivity contribution in [1.29, 1.82) is 0 Å². The zero-order chi connectivity index (χ0) is 25.6. The van der Waals surface area contributed by atoms with Crippen molar-refractivity contribution in [3.63, 3.8) is 0 Å². The average Bonchev–Trinajstić information content (AvgIpc) is 2.97. The van der Waals surface area contributed by atoms with E-state index in [9.17, 15) is 4.79 Å². The molecule has 5 heteroatoms. The van der Waals surface area contributed by atoms with Crippen LogP contribution in [0.25, 0.3) is 11.1 Å². The van der Waals surface area contributed by atoms with Crippen molar-refractivity contribution in [2.75, 3.05) is 40.5 Å². The Labute approximate surface area is 219 Å². The van der Waals surface area contributed by atoms with Gasteiger partial charge in [0.1, 0.15) is 30.1 Å². The second-order valence-electron chi connectivity index (χ2n) is 9.73. The summed E-state index contributed by atoms with van der Waals surface area (Å²) in [4.78, 5) is 14.3. The molecule has 192 valence electrons. The van der Waals surface area contributed by atoms with Crippen molar-refractivity contribution < 1.29 is 19.0 Å². The maximum atomic E-state index is 11.8. The van der Waals surface area contributed by atoms with E-state index >= 15 is 0 Å². The van der Waals surface area contributed by atoms with Gasteiger partial charge in [0.25, 0.3) is 0 Å². The Kier molecular flexibility index (Phi) is 7.90. The van der Waals surface area contributed by atoms with Crippen LogP contribution in [0.2, 0.25) is 0 Å². The third-order valence-corrected chi connectivity index (χ3v) is 7.49. The molecule has 0 bridgehead atoms. The van der Waals surface area contributed by atoms with Crippen molar-refractivity contribution in [1.82, 2.24) is 4.90 Å². The molecule has 5 nitrogen and oxygen atoms in total. The first-order valence-electron chi connectivity index (χ1n) is 13.2. The van der Waals surface area contributed by atoms with E-state index in [0.717, 1.165) is 78.3 Å². The van der Waals surface area contributed by atoms with Crippen LogP contribution < -0.4 is 14.2 Å². The highest BCUT2D eigenvalue weighted by Crippen LogP contribution is 2.44. The van der Waals surface area contributed by atoms with E-state index in [1.165, 1.54) is 30.4 Å². The van der Waals surface area contributed by atoms with Gasteiger partial charge in [-0.05, 0) is 109 Å². The molecule has 1 saturated heterocycles. The SMILES string of the molecule is COc1ccc(C2=C(c3cc(C=O)ccc3OCCN3CCCCC3)c3ccc(OC)cc3CC2)cc1. The van der Waals surface area contributed by atoms with E-state index in [-0.39, 0.29) is 0 Å². The molecule has 0 amide bonds. The van der Waals surface area contributed by atoms with Gasteiger partial charge in [-0.15, -0.1) is 0 Å². The monoisotopic (exact) mass is 497 g/mol. The number of nitrogens with zero attached hydrogens (tertiary/aromatic N) is 1. The number of benzene rings is 3. The molecule has 0 spiro atoms. The van der Waals surface area contributed by atoms with E-state index in [1.54, 1.807) is 14.2 Å². The molecule has 0 saturated carbocycles.